The van der Waals surface area contributed by atoms with Crippen LogP contribution in [0.15, 0.2) is 97.6 Å². The fourth-order valence-corrected chi connectivity index (χ4v) is 3.41. The van der Waals surface area contributed by atoms with Crippen molar-refractivity contribution in [2.24, 2.45) is 0 Å². The van der Waals surface area contributed by atoms with Crippen LogP contribution < -0.4 is 10.1 Å². The molecule has 31 heavy (non-hydrogen) atoms. The highest BCUT2D eigenvalue weighted by atomic mass is 16.5. The normalized spacial score (nSPS) is 15.6. The largest absolute Gasteiger partial charge is 0.487 e. The first-order chi connectivity index (χ1) is 15.3. The topological polar surface area (TPSA) is 61.2 Å². The van der Waals surface area contributed by atoms with Gasteiger partial charge in [-0.1, -0.05) is 36.4 Å². The van der Waals surface area contributed by atoms with Gasteiger partial charge in [0, 0.05) is 30.0 Å². The van der Waals surface area contributed by atoms with Gasteiger partial charge in [0.1, 0.15) is 18.6 Å². The molecule has 0 amide bonds. The van der Waals surface area contributed by atoms with E-state index in [1.165, 1.54) is 0 Å². The van der Waals surface area contributed by atoms with Crippen molar-refractivity contribution in [2.45, 2.75) is 12.8 Å². The Labute approximate surface area is 180 Å². The standard InChI is InChI=1S/C25H22N4O2/c1-2-4-19(5-3-1)6-9-25-28-22(17-31-25)16-30-23-8-7-21-12-20(14-27-24(21)13-23)15-29-11-10-26-18-29/h1-14,17-18,25,28H,15-16H2/b9-6+. The molecule has 1 atom stereocenters. The van der Waals surface area contributed by atoms with Crippen molar-refractivity contribution in [1.29, 1.82) is 0 Å². The number of imidazole rings is 1. The first-order valence-electron chi connectivity index (χ1n) is 10.1. The number of nitrogens with one attached hydrogen (secondary N) is 1. The zero-order chi connectivity index (χ0) is 20.9. The van der Waals surface area contributed by atoms with Crippen LogP contribution >= 0.6 is 0 Å². The van der Waals surface area contributed by atoms with Gasteiger partial charge in [0.2, 0.25) is 0 Å². The van der Waals surface area contributed by atoms with E-state index >= 15 is 0 Å². The lowest BCUT2D eigenvalue weighted by Gasteiger charge is -2.10. The van der Waals surface area contributed by atoms with Crippen molar-refractivity contribution in [3.63, 3.8) is 0 Å². The van der Waals surface area contributed by atoms with Crippen LogP contribution in [0.4, 0.5) is 0 Å². The van der Waals surface area contributed by atoms with Gasteiger partial charge < -0.3 is 19.4 Å². The van der Waals surface area contributed by atoms with Gasteiger partial charge in [0.15, 0.2) is 6.23 Å². The highest BCUT2D eigenvalue weighted by molar-refractivity contribution is 5.80. The van der Waals surface area contributed by atoms with Crippen LogP contribution in [0.2, 0.25) is 0 Å². The van der Waals surface area contributed by atoms with Crippen LogP contribution in [-0.4, -0.2) is 27.4 Å². The number of nitrogens with zero attached hydrogens (tertiary/aromatic N) is 3. The summed E-state index contributed by atoms with van der Waals surface area (Å²) >= 11 is 0. The SMILES string of the molecule is C1=C(COc2ccc3cc(Cn4ccnc4)cnc3c2)NC(/C=C/c2ccccc2)O1. The van der Waals surface area contributed by atoms with Crippen LogP contribution in [0.3, 0.4) is 0 Å². The van der Waals surface area contributed by atoms with Crippen LogP contribution in [0.25, 0.3) is 17.0 Å². The van der Waals surface area contributed by atoms with Crippen LogP contribution in [0.1, 0.15) is 11.1 Å². The third-order valence-corrected chi connectivity index (χ3v) is 4.98. The summed E-state index contributed by atoms with van der Waals surface area (Å²) in [5, 5.41) is 4.38. The summed E-state index contributed by atoms with van der Waals surface area (Å²) in [5.74, 6) is 0.772. The summed E-state index contributed by atoms with van der Waals surface area (Å²) in [7, 11) is 0. The average molecular weight is 410 g/mol. The summed E-state index contributed by atoms with van der Waals surface area (Å²) in [4.78, 5) is 8.67. The maximum absolute atomic E-state index is 5.94. The van der Waals surface area contributed by atoms with Gasteiger partial charge in [-0.2, -0.15) is 0 Å². The summed E-state index contributed by atoms with van der Waals surface area (Å²) in [5.41, 5.74) is 4.06. The van der Waals surface area contributed by atoms with Gasteiger partial charge >= 0.3 is 0 Å². The molecule has 2 aromatic carbocycles. The maximum atomic E-state index is 5.94. The Kier molecular flexibility index (Phi) is 5.35. The molecule has 6 heteroatoms. The van der Waals surface area contributed by atoms with E-state index in [4.69, 9.17) is 9.47 Å². The monoisotopic (exact) mass is 410 g/mol. The zero-order valence-corrected chi connectivity index (χ0v) is 16.9. The fourth-order valence-electron chi connectivity index (χ4n) is 3.41. The minimum atomic E-state index is -0.189. The van der Waals surface area contributed by atoms with Crippen molar-refractivity contribution in [2.75, 3.05) is 6.61 Å². The lowest BCUT2D eigenvalue weighted by atomic mass is 10.1. The average Bonchev–Trinajstić information content (AvgIpc) is 3.49. The molecule has 0 radical (unpaired) electrons. The van der Waals surface area contributed by atoms with Crippen LogP contribution in [-0.2, 0) is 11.3 Å². The predicted octanol–water partition coefficient (Wildman–Crippen LogP) is 4.36. The summed E-state index contributed by atoms with van der Waals surface area (Å²) in [6, 6.07) is 18.2. The van der Waals surface area contributed by atoms with Gasteiger partial charge in [-0.15, -0.1) is 0 Å². The summed E-state index contributed by atoms with van der Waals surface area (Å²) in [6.45, 7) is 1.15. The first-order valence-corrected chi connectivity index (χ1v) is 10.1. The second kappa shape index (κ2) is 8.75. The predicted molar refractivity (Wildman–Crippen MR) is 120 cm³/mol. The Morgan fingerprint density at radius 3 is 2.94 bits per heavy atom. The summed E-state index contributed by atoms with van der Waals surface area (Å²) < 4.78 is 13.6. The molecule has 1 aliphatic rings. The third-order valence-electron chi connectivity index (χ3n) is 4.98. The van der Waals surface area contributed by atoms with Crippen molar-refractivity contribution in [1.82, 2.24) is 19.9 Å². The van der Waals surface area contributed by atoms with E-state index in [1.807, 2.05) is 65.5 Å². The second-order valence-electron chi connectivity index (χ2n) is 7.34. The van der Waals surface area contributed by atoms with E-state index < -0.39 is 0 Å². The molecule has 3 heterocycles. The lowest BCUT2D eigenvalue weighted by Crippen LogP contribution is -2.24. The van der Waals surface area contributed by atoms with Crippen LogP contribution in [0.5, 0.6) is 5.75 Å². The van der Waals surface area contributed by atoms with Crippen molar-refractivity contribution < 1.29 is 9.47 Å². The number of pyridine rings is 1. The molecule has 1 N–H and O–H groups in total. The molecule has 0 spiro atoms. The van der Waals surface area contributed by atoms with Gasteiger partial charge in [-0.25, -0.2) is 4.98 Å². The molecule has 2 aromatic heterocycles. The second-order valence-corrected chi connectivity index (χ2v) is 7.34. The molecule has 0 saturated carbocycles. The number of hydrogen-bond donors (Lipinski definition) is 1. The molecule has 154 valence electrons. The Morgan fingerprint density at radius 2 is 2.06 bits per heavy atom. The third kappa shape index (κ3) is 4.75. The van der Waals surface area contributed by atoms with Crippen molar-refractivity contribution in [3.05, 3.63) is 109 Å². The quantitative estimate of drug-likeness (QED) is 0.491. The van der Waals surface area contributed by atoms with Gasteiger partial charge in [-0.3, -0.25) is 4.98 Å². The molecule has 0 fully saturated rings. The van der Waals surface area contributed by atoms with Gasteiger partial charge in [-0.05, 0) is 35.4 Å². The highest BCUT2D eigenvalue weighted by Gasteiger charge is 2.14. The van der Waals surface area contributed by atoms with Crippen molar-refractivity contribution >= 4 is 17.0 Å². The molecular weight excluding hydrogens is 388 g/mol. The number of rotatable bonds is 7. The fraction of sp³-hybridized carbons (Fsp3) is 0.120. The summed E-state index contributed by atoms with van der Waals surface area (Å²) in [6.07, 6.45) is 13.0. The first kappa shape index (κ1) is 18.9. The maximum Gasteiger partial charge on any atom is 0.188 e. The van der Waals surface area contributed by atoms with Gasteiger partial charge in [0.25, 0.3) is 0 Å². The molecule has 0 aliphatic carbocycles. The van der Waals surface area contributed by atoms with E-state index in [-0.39, 0.29) is 6.23 Å². The lowest BCUT2D eigenvalue weighted by molar-refractivity contribution is 0.197. The van der Waals surface area contributed by atoms with E-state index in [0.29, 0.717) is 6.61 Å². The van der Waals surface area contributed by atoms with E-state index in [2.05, 4.69) is 33.5 Å². The number of aromatic nitrogens is 3. The minimum Gasteiger partial charge on any atom is -0.487 e. The molecule has 4 aromatic rings. The Bertz CT molecular complexity index is 1220. The molecule has 1 unspecified atom stereocenters. The number of hydrogen-bond acceptors (Lipinski definition) is 5. The van der Waals surface area contributed by atoms with E-state index in [0.717, 1.165) is 40.0 Å². The number of fused-ring (bicyclic) bond motifs is 1. The van der Waals surface area contributed by atoms with Crippen LogP contribution in [0, 0.1) is 0 Å². The molecule has 0 saturated heterocycles. The Balaban J connectivity index is 1.17. The number of ether oxygens (including phenoxy) is 2. The molecule has 5 rings (SSSR count). The molecule has 6 nitrogen and oxygen atoms in total. The highest BCUT2D eigenvalue weighted by Crippen LogP contribution is 2.21. The minimum absolute atomic E-state index is 0.189. The molecular formula is C25H22N4O2. The van der Waals surface area contributed by atoms with E-state index in [1.54, 1.807) is 18.8 Å². The van der Waals surface area contributed by atoms with Gasteiger partial charge in [0.05, 0.1) is 24.1 Å². The molecule has 0 bridgehead atoms. The van der Waals surface area contributed by atoms with Crippen molar-refractivity contribution in [3.8, 4) is 5.75 Å². The van der Waals surface area contributed by atoms with E-state index in [9.17, 15) is 0 Å². The zero-order valence-electron chi connectivity index (χ0n) is 16.9. The Morgan fingerprint density at radius 1 is 1.13 bits per heavy atom. The number of benzene rings is 2. The Hall–Kier alpha value is -4.06. The molecule has 1 aliphatic heterocycles. The smallest absolute Gasteiger partial charge is 0.188 e.